The molecule has 30 heavy (non-hydrogen) atoms. The van der Waals surface area contributed by atoms with Gasteiger partial charge in [-0.2, -0.15) is 0 Å². The highest BCUT2D eigenvalue weighted by Crippen LogP contribution is 2.27. The smallest absolute Gasteiger partial charge is 0.275 e. The number of piperazine rings is 1. The third-order valence-electron chi connectivity index (χ3n) is 5.50. The molecule has 2 aromatic carbocycles. The third kappa shape index (κ3) is 5.79. The van der Waals surface area contributed by atoms with Crippen LogP contribution in [0.15, 0.2) is 42.5 Å². The average molecular weight is 415 g/mol. The number of carbonyl (C=O) groups is 1. The molecule has 0 saturated carbocycles. The van der Waals surface area contributed by atoms with Crippen molar-refractivity contribution < 1.29 is 23.9 Å². The van der Waals surface area contributed by atoms with E-state index < -0.39 is 0 Å². The van der Waals surface area contributed by atoms with E-state index in [-0.39, 0.29) is 5.91 Å². The van der Waals surface area contributed by atoms with E-state index in [1.165, 1.54) is 10.6 Å². The minimum atomic E-state index is 0.100. The molecule has 0 bridgehead atoms. The summed E-state index contributed by atoms with van der Waals surface area (Å²) in [6, 6.07) is 14.0. The molecule has 0 unspecified atom stereocenters. The van der Waals surface area contributed by atoms with Gasteiger partial charge in [0.2, 0.25) is 0 Å². The Morgan fingerprint density at radius 2 is 1.67 bits per heavy atom. The quantitative estimate of drug-likeness (QED) is 0.635. The van der Waals surface area contributed by atoms with Crippen molar-refractivity contribution in [1.82, 2.24) is 5.32 Å². The lowest BCUT2D eigenvalue weighted by atomic mass is 10.1. The first-order valence-electron chi connectivity index (χ1n) is 10.3. The second-order valence-corrected chi connectivity index (χ2v) is 7.40. The van der Waals surface area contributed by atoms with Crippen molar-refractivity contribution >= 4 is 11.6 Å². The van der Waals surface area contributed by atoms with Crippen molar-refractivity contribution in [2.45, 2.75) is 6.42 Å². The Morgan fingerprint density at radius 3 is 2.30 bits per heavy atom. The SMILES string of the molecule is COc1ccc(N2CC[NH+](CC(=O)NCCc3ccc(OC)c(OC)c3)CC2)cc1. The van der Waals surface area contributed by atoms with Gasteiger partial charge in [-0.15, -0.1) is 0 Å². The maximum absolute atomic E-state index is 12.3. The van der Waals surface area contributed by atoms with Gasteiger partial charge in [-0.1, -0.05) is 6.07 Å². The largest absolute Gasteiger partial charge is 0.497 e. The van der Waals surface area contributed by atoms with E-state index in [4.69, 9.17) is 14.2 Å². The summed E-state index contributed by atoms with van der Waals surface area (Å²) in [7, 11) is 4.92. The van der Waals surface area contributed by atoms with E-state index >= 15 is 0 Å². The molecule has 1 saturated heterocycles. The van der Waals surface area contributed by atoms with Gasteiger partial charge in [0, 0.05) is 12.2 Å². The van der Waals surface area contributed by atoms with Gasteiger partial charge >= 0.3 is 0 Å². The van der Waals surface area contributed by atoms with Crippen LogP contribution in [-0.2, 0) is 11.2 Å². The van der Waals surface area contributed by atoms with Crippen LogP contribution in [0.25, 0.3) is 0 Å². The van der Waals surface area contributed by atoms with Crippen LogP contribution in [0.1, 0.15) is 5.56 Å². The van der Waals surface area contributed by atoms with Crippen molar-refractivity contribution in [3.63, 3.8) is 0 Å². The van der Waals surface area contributed by atoms with Gasteiger partial charge < -0.3 is 29.3 Å². The van der Waals surface area contributed by atoms with E-state index in [9.17, 15) is 4.79 Å². The van der Waals surface area contributed by atoms with Gasteiger partial charge in [0.1, 0.15) is 5.75 Å². The number of ether oxygens (including phenoxy) is 3. The maximum atomic E-state index is 12.3. The van der Waals surface area contributed by atoms with Gasteiger partial charge in [-0.25, -0.2) is 0 Å². The third-order valence-corrected chi connectivity index (χ3v) is 5.50. The number of rotatable bonds is 9. The Morgan fingerprint density at radius 1 is 0.967 bits per heavy atom. The lowest BCUT2D eigenvalue weighted by Gasteiger charge is -2.33. The molecule has 3 rings (SSSR count). The molecule has 1 aliphatic heterocycles. The predicted molar refractivity (Wildman–Crippen MR) is 117 cm³/mol. The number of anilines is 1. The molecule has 7 nitrogen and oxygen atoms in total. The number of benzene rings is 2. The summed E-state index contributed by atoms with van der Waals surface area (Å²) in [5.41, 5.74) is 2.31. The number of amides is 1. The Hall–Kier alpha value is -2.93. The predicted octanol–water partition coefficient (Wildman–Crippen LogP) is 0.776. The fourth-order valence-electron chi connectivity index (χ4n) is 3.72. The number of nitrogens with zero attached hydrogens (tertiary/aromatic N) is 1. The molecule has 0 aromatic heterocycles. The summed E-state index contributed by atoms with van der Waals surface area (Å²) in [5, 5.41) is 3.04. The lowest BCUT2D eigenvalue weighted by molar-refractivity contribution is -0.892. The summed E-state index contributed by atoms with van der Waals surface area (Å²) >= 11 is 0. The average Bonchev–Trinajstić information content (AvgIpc) is 2.79. The highest BCUT2D eigenvalue weighted by Gasteiger charge is 2.22. The molecule has 1 heterocycles. The van der Waals surface area contributed by atoms with Gasteiger partial charge in [-0.3, -0.25) is 4.79 Å². The molecule has 0 atom stereocenters. The van der Waals surface area contributed by atoms with Crippen LogP contribution in [0.5, 0.6) is 17.2 Å². The zero-order valence-corrected chi connectivity index (χ0v) is 18.1. The molecule has 2 aromatic rings. The second kappa shape index (κ2) is 10.7. The van der Waals surface area contributed by atoms with Crippen molar-refractivity contribution in [3.8, 4) is 17.2 Å². The number of hydrogen-bond acceptors (Lipinski definition) is 5. The lowest BCUT2D eigenvalue weighted by Crippen LogP contribution is -3.16. The zero-order chi connectivity index (χ0) is 21.3. The molecular formula is C23H32N3O4+. The van der Waals surface area contributed by atoms with Gasteiger partial charge in [0.25, 0.3) is 5.91 Å². The Bertz CT molecular complexity index is 818. The van der Waals surface area contributed by atoms with Crippen LogP contribution in [0.2, 0.25) is 0 Å². The summed E-state index contributed by atoms with van der Waals surface area (Å²) < 4.78 is 15.8. The highest BCUT2D eigenvalue weighted by atomic mass is 16.5. The summed E-state index contributed by atoms with van der Waals surface area (Å²) in [4.78, 5) is 16.0. The van der Waals surface area contributed by atoms with Crippen LogP contribution in [0.4, 0.5) is 5.69 Å². The molecule has 0 spiro atoms. The molecular weight excluding hydrogens is 382 g/mol. The Labute approximate surface area is 178 Å². The first kappa shape index (κ1) is 21.8. The topological polar surface area (TPSA) is 64.5 Å². The van der Waals surface area contributed by atoms with Crippen molar-refractivity contribution in [2.75, 3.05) is 65.5 Å². The molecule has 1 amide bonds. The van der Waals surface area contributed by atoms with E-state index in [1.54, 1.807) is 21.3 Å². The fraction of sp³-hybridized carbons (Fsp3) is 0.435. The van der Waals surface area contributed by atoms with Crippen LogP contribution in [-0.4, -0.2) is 66.5 Å². The van der Waals surface area contributed by atoms with Crippen LogP contribution in [0, 0.1) is 0 Å². The maximum Gasteiger partial charge on any atom is 0.275 e. The monoisotopic (exact) mass is 414 g/mol. The van der Waals surface area contributed by atoms with E-state index in [1.807, 2.05) is 30.3 Å². The van der Waals surface area contributed by atoms with E-state index in [0.29, 0.717) is 24.6 Å². The Kier molecular flexibility index (Phi) is 7.79. The van der Waals surface area contributed by atoms with Crippen molar-refractivity contribution in [3.05, 3.63) is 48.0 Å². The summed E-state index contributed by atoms with van der Waals surface area (Å²) in [6.45, 7) is 4.92. The second-order valence-electron chi connectivity index (χ2n) is 7.40. The Balaban J connectivity index is 1.38. The number of carbonyl (C=O) groups excluding carboxylic acids is 1. The van der Waals surface area contributed by atoms with Gasteiger partial charge in [0.05, 0.1) is 47.5 Å². The molecule has 7 heteroatoms. The molecule has 2 N–H and O–H groups in total. The minimum absolute atomic E-state index is 0.100. The van der Waals surface area contributed by atoms with Gasteiger partial charge in [0.15, 0.2) is 18.0 Å². The highest BCUT2D eigenvalue weighted by molar-refractivity contribution is 5.76. The van der Waals surface area contributed by atoms with E-state index in [0.717, 1.165) is 43.9 Å². The first-order chi connectivity index (χ1) is 14.6. The van der Waals surface area contributed by atoms with Gasteiger partial charge in [-0.05, 0) is 48.4 Å². The standard InChI is InChI=1S/C23H31N3O4/c1-28-20-7-5-19(6-8-20)26-14-12-25(13-15-26)17-23(27)24-11-10-18-4-9-21(29-2)22(16-18)30-3/h4-9,16H,10-15,17H2,1-3H3,(H,24,27)/p+1. The van der Waals surface area contributed by atoms with Crippen molar-refractivity contribution in [1.29, 1.82) is 0 Å². The summed E-state index contributed by atoms with van der Waals surface area (Å²) in [6.07, 6.45) is 0.757. The number of quaternary nitrogens is 1. The number of hydrogen-bond donors (Lipinski definition) is 2. The normalized spacial score (nSPS) is 14.3. The molecule has 0 radical (unpaired) electrons. The molecule has 1 aliphatic rings. The van der Waals surface area contributed by atoms with Crippen molar-refractivity contribution in [2.24, 2.45) is 0 Å². The van der Waals surface area contributed by atoms with Crippen LogP contribution >= 0.6 is 0 Å². The molecule has 0 aliphatic carbocycles. The number of nitrogens with one attached hydrogen (secondary N) is 2. The first-order valence-corrected chi connectivity index (χ1v) is 10.3. The number of methoxy groups -OCH3 is 3. The zero-order valence-electron chi connectivity index (χ0n) is 18.1. The molecule has 1 fully saturated rings. The van der Waals surface area contributed by atoms with Crippen LogP contribution in [0.3, 0.4) is 0 Å². The fourth-order valence-corrected chi connectivity index (χ4v) is 3.72. The molecule has 162 valence electrons. The van der Waals surface area contributed by atoms with E-state index in [2.05, 4.69) is 22.3 Å². The minimum Gasteiger partial charge on any atom is -0.497 e. The van der Waals surface area contributed by atoms with Crippen LogP contribution < -0.4 is 29.3 Å². The summed E-state index contributed by atoms with van der Waals surface area (Å²) in [5.74, 6) is 2.39.